The van der Waals surface area contributed by atoms with Crippen molar-refractivity contribution in [3.8, 4) is 0 Å². The number of aldehydes is 1. The van der Waals surface area contributed by atoms with Crippen molar-refractivity contribution in [3.05, 3.63) is 35.4 Å². The van der Waals surface area contributed by atoms with Gasteiger partial charge >= 0.3 is 0 Å². The highest BCUT2D eigenvalue weighted by atomic mass is 16.5. The lowest BCUT2D eigenvalue weighted by atomic mass is 10.2. The van der Waals surface area contributed by atoms with Crippen molar-refractivity contribution in [1.29, 1.82) is 0 Å². The van der Waals surface area contributed by atoms with Gasteiger partial charge in [-0.2, -0.15) is 0 Å². The number of rotatable bonds is 1. The molecule has 0 atom stereocenters. The van der Waals surface area contributed by atoms with Crippen LogP contribution >= 0.6 is 0 Å². The van der Waals surface area contributed by atoms with Crippen molar-refractivity contribution < 1.29 is 14.6 Å². The predicted molar refractivity (Wildman–Crippen MR) is 84.4 cm³/mol. The summed E-state index contributed by atoms with van der Waals surface area (Å²) < 4.78 is 5.10. The summed E-state index contributed by atoms with van der Waals surface area (Å²) in [5.74, 6) is 0. The maximum absolute atomic E-state index is 10.1. The third kappa shape index (κ3) is 11.8. The Morgan fingerprint density at radius 3 is 1.85 bits per heavy atom. The normalized spacial score (nSPS) is 13.5. The van der Waals surface area contributed by atoms with Gasteiger partial charge in [0.15, 0.2) is 0 Å². The number of morpholine rings is 1. The molecule has 0 amide bonds. The minimum absolute atomic E-state index is 0.737. The molecule has 1 fully saturated rings. The Hall–Kier alpha value is -1.23. The summed E-state index contributed by atoms with van der Waals surface area (Å²) >= 11 is 0. The lowest BCUT2D eigenvalue weighted by Crippen LogP contribution is -2.32. The van der Waals surface area contributed by atoms with E-state index in [2.05, 4.69) is 11.9 Å². The molecule has 4 heteroatoms. The zero-order valence-electron chi connectivity index (χ0n) is 13.4. The molecule has 1 aliphatic rings. The number of carbonyl (C=O) groups excluding carboxylic acids is 1. The molecular formula is C16H29NO3. The number of ether oxygens (including phenoxy) is 1. The van der Waals surface area contributed by atoms with Gasteiger partial charge in [-0.05, 0) is 14.0 Å². The fourth-order valence-corrected chi connectivity index (χ4v) is 1.30. The maximum Gasteiger partial charge on any atom is 0.150 e. The van der Waals surface area contributed by atoms with Crippen LogP contribution in [0, 0.1) is 6.92 Å². The predicted octanol–water partition coefficient (Wildman–Crippen LogP) is 2.39. The minimum Gasteiger partial charge on any atom is -0.400 e. The smallest absolute Gasteiger partial charge is 0.150 e. The average molecular weight is 283 g/mol. The van der Waals surface area contributed by atoms with E-state index < -0.39 is 0 Å². The summed E-state index contributed by atoms with van der Waals surface area (Å²) in [7, 11) is 3.11. The van der Waals surface area contributed by atoms with Gasteiger partial charge in [0.1, 0.15) is 6.29 Å². The van der Waals surface area contributed by atoms with Crippen LogP contribution in [0.4, 0.5) is 0 Å². The molecule has 1 saturated heterocycles. The topological polar surface area (TPSA) is 49.8 Å². The molecule has 0 aliphatic carbocycles. The second-order valence-corrected chi connectivity index (χ2v) is 3.94. The molecule has 1 heterocycles. The van der Waals surface area contributed by atoms with E-state index in [9.17, 15) is 4.79 Å². The van der Waals surface area contributed by atoms with Crippen LogP contribution in [0.5, 0.6) is 0 Å². The molecule has 2 rings (SSSR count). The quantitative estimate of drug-likeness (QED) is 0.804. The molecule has 1 aromatic carbocycles. The summed E-state index contributed by atoms with van der Waals surface area (Å²) in [6, 6.07) is 7.46. The molecule has 1 aromatic rings. The van der Waals surface area contributed by atoms with Gasteiger partial charge in [0.05, 0.1) is 13.2 Å². The zero-order valence-corrected chi connectivity index (χ0v) is 13.4. The molecule has 0 aromatic heterocycles. The monoisotopic (exact) mass is 283 g/mol. The van der Waals surface area contributed by atoms with Gasteiger partial charge < -0.3 is 14.7 Å². The molecule has 0 unspecified atom stereocenters. The third-order valence-corrected chi connectivity index (χ3v) is 2.45. The molecule has 1 aliphatic heterocycles. The van der Waals surface area contributed by atoms with Crippen LogP contribution in [-0.4, -0.2) is 56.8 Å². The number of nitrogens with zero attached hydrogens (tertiary/aromatic N) is 1. The SMILES string of the molecule is CC.CN1CCOCC1.CO.Cc1ccc(C=O)cc1. The van der Waals surface area contributed by atoms with Crippen LogP contribution in [0.1, 0.15) is 29.8 Å². The van der Waals surface area contributed by atoms with Crippen molar-refractivity contribution in [3.63, 3.8) is 0 Å². The third-order valence-electron chi connectivity index (χ3n) is 2.45. The number of carbonyl (C=O) groups is 1. The van der Waals surface area contributed by atoms with Gasteiger partial charge in [-0.25, -0.2) is 0 Å². The molecule has 20 heavy (non-hydrogen) atoms. The highest BCUT2D eigenvalue weighted by Crippen LogP contribution is 1.98. The van der Waals surface area contributed by atoms with Gasteiger partial charge in [-0.3, -0.25) is 4.79 Å². The number of likely N-dealkylation sites (N-methyl/N-ethyl adjacent to an activating group) is 1. The largest absolute Gasteiger partial charge is 0.400 e. The fourth-order valence-electron chi connectivity index (χ4n) is 1.30. The molecule has 0 radical (unpaired) electrons. The van der Waals surface area contributed by atoms with Crippen LogP contribution in [0.15, 0.2) is 24.3 Å². The lowest BCUT2D eigenvalue weighted by molar-refractivity contribution is 0.0503. The van der Waals surface area contributed by atoms with E-state index in [4.69, 9.17) is 9.84 Å². The number of aryl methyl sites for hydroxylation is 1. The van der Waals surface area contributed by atoms with Crippen LogP contribution in [0.25, 0.3) is 0 Å². The van der Waals surface area contributed by atoms with Crippen LogP contribution < -0.4 is 0 Å². The molecular weight excluding hydrogens is 254 g/mol. The lowest BCUT2D eigenvalue weighted by Gasteiger charge is -2.21. The number of benzene rings is 1. The van der Waals surface area contributed by atoms with Crippen LogP contribution in [-0.2, 0) is 4.74 Å². The van der Waals surface area contributed by atoms with Crippen molar-refractivity contribution in [2.75, 3.05) is 40.5 Å². The van der Waals surface area contributed by atoms with Gasteiger partial charge in [-0.1, -0.05) is 43.7 Å². The summed E-state index contributed by atoms with van der Waals surface area (Å²) in [5, 5.41) is 7.00. The van der Waals surface area contributed by atoms with Crippen molar-refractivity contribution >= 4 is 6.29 Å². The van der Waals surface area contributed by atoms with Gasteiger partial charge in [0, 0.05) is 25.8 Å². The number of aliphatic hydroxyl groups excluding tert-OH is 1. The Bertz CT molecular complexity index is 306. The minimum atomic E-state index is 0.737. The van der Waals surface area contributed by atoms with E-state index in [0.717, 1.165) is 45.3 Å². The second-order valence-electron chi connectivity index (χ2n) is 3.94. The average Bonchev–Trinajstić information content (AvgIpc) is 2.53. The Labute approximate surface area is 123 Å². The Balaban J connectivity index is 0. The molecule has 116 valence electrons. The summed E-state index contributed by atoms with van der Waals surface area (Å²) in [6.45, 7) is 10.0. The first-order chi connectivity index (χ1) is 9.72. The molecule has 0 spiro atoms. The Morgan fingerprint density at radius 2 is 1.55 bits per heavy atom. The van der Waals surface area contributed by atoms with Gasteiger partial charge in [0.2, 0.25) is 0 Å². The van der Waals surface area contributed by atoms with E-state index in [1.807, 2.05) is 45.0 Å². The van der Waals surface area contributed by atoms with Crippen LogP contribution in [0.2, 0.25) is 0 Å². The second kappa shape index (κ2) is 15.8. The zero-order chi connectivity index (χ0) is 15.8. The molecule has 0 bridgehead atoms. The van der Waals surface area contributed by atoms with Gasteiger partial charge in [-0.15, -0.1) is 0 Å². The number of hydrogen-bond donors (Lipinski definition) is 1. The Morgan fingerprint density at radius 1 is 1.10 bits per heavy atom. The van der Waals surface area contributed by atoms with Crippen molar-refractivity contribution in [1.82, 2.24) is 4.90 Å². The first kappa shape index (κ1) is 21.1. The van der Waals surface area contributed by atoms with E-state index in [0.29, 0.717) is 0 Å². The molecule has 0 saturated carbocycles. The standard InChI is InChI=1S/C8H8O.C5H11NO.C2H6.CH4O/c1-7-2-4-8(6-9)5-3-7;1-6-2-4-7-5-3-6;2*1-2/h2-6H,1H3;2-5H2,1H3;1-2H3;2H,1H3. The van der Waals surface area contributed by atoms with Crippen LogP contribution in [0.3, 0.4) is 0 Å². The van der Waals surface area contributed by atoms with Crippen molar-refractivity contribution in [2.45, 2.75) is 20.8 Å². The summed E-state index contributed by atoms with van der Waals surface area (Å²) in [6.07, 6.45) is 0.847. The van der Waals surface area contributed by atoms with E-state index in [-0.39, 0.29) is 0 Å². The fraction of sp³-hybridized carbons (Fsp3) is 0.562. The number of hydrogen-bond acceptors (Lipinski definition) is 4. The first-order valence-corrected chi connectivity index (χ1v) is 6.95. The van der Waals surface area contributed by atoms with Gasteiger partial charge in [0.25, 0.3) is 0 Å². The first-order valence-electron chi connectivity index (χ1n) is 6.95. The highest BCUT2D eigenvalue weighted by Gasteiger charge is 2.02. The summed E-state index contributed by atoms with van der Waals surface area (Å²) in [5.41, 5.74) is 1.92. The van der Waals surface area contributed by atoms with Crippen molar-refractivity contribution in [2.24, 2.45) is 0 Å². The highest BCUT2D eigenvalue weighted by molar-refractivity contribution is 5.74. The molecule has 4 nitrogen and oxygen atoms in total. The van der Waals surface area contributed by atoms with E-state index >= 15 is 0 Å². The molecule has 1 N–H and O–H groups in total. The maximum atomic E-state index is 10.1. The Kier molecular flexibility index (Phi) is 16.7. The van der Waals surface area contributed by atoms with E-state index in [1.165, 1.54) is 5.56 Å². The number of aliphatic hydroxyl groups is 1. The van der Waals surface area contributed by atoms with E-state index in [1.54, 1.807) is 0 Å². The summed E-state index contributed by atoms with van der Waals surface area (Å²) in [4.78, 5) is 12.4.